The lowest BCUT2D eigenvalue weighted by Crippen LogP contribution is -2.47. The summed E-state index contributed by atoms with van der Waals surface area (Å²) in [6.07, 6.45) is 2.23. The number of benzene rings is 1. The summed E-state index contributed by atoms with van der Waals surface area (Å²) in [6, 6.07) is 9.35. The van der Waals surface area contributed by atoms with Crippen molar-refractivity contribution in [2.45, 2.75) is 32.0 Å². The normalized spacial score (nSPS) is 15.0. The van der Waals surface area contributed by atoms with E-state index in [0.29, 0.717) is 19.6 Å². The van der Waals surface area contributed by atoms with Crippen LogP contribution in [0.15, 0.2) is 36.5 Å². The molecule has 7 nitrogen and oxygen atoms in total. The first-order chi connectivity index (χ1) is 11.6. The van der Waals surface area contributed by atoms with Crippen molar-refractivity contribution in [2.75, 3.05) is 6.54 Å². The highest BCUT2D eigenvalue weighted by Crippen LogP contribution is 2.24. The Morgan fingerprint density at radius 3 is 2.67 bits per heavy atom. The Morgan fingerprint density at radius 1 is 1.21 bits per heavy atom. The minimum absolute atomic E-state index is 0.119. The SMILES string of the molecule is NC(=O)CC[C@H](N)C(=O)N1CCn2c(-c3ccccc3)cnc2C1. The first-order valence-electron chi connectivity index (χ1n) is 7.98. The van der Waals surface area contributed by atoms with Crippen molar-refractivity contribution in [3.05, 3.63) is 42.4 Å². The van der Waals surface area contributed by atoms with Gasteiger partial charge in [0.15, 0.2) is 0 Å². The molecule has 0 fully saturated rings. The molecule has 0 radical (unpaired) electrons. The van der Waals surface area contributed by atoms with E-state index in [1.165, 1.54) is 0 Å². The van der Waals surface area contributed by atoms with E-state index in [9.17, 15) is 9.59 Å². The minimum atomic E-state index is -0.701. The average Bonchev–Trinajstić information content (AvgIpc) is 3.02. The Hall–Kier alpha value is -2.67. The van der Waals surface area contributed by atoms with Gasteiger partial charge in [0.1, 0.15) is 5.82 Å². The van der Waals surface area contributed by atoms with E-state index in [-0.39, 0.29) is 18.7 Å². The van der Waals surface area contributed by atoms with E-state index in [2.05, 4.69) is 9.55 Å². The van der Waals surface area contributed by atoms with E-state index in [1.54, 1.807) is 4.90 Å². The minimum Gasteiger partial charge on any atom is -0.370 e. The summed E-state index contributed by atoms with van der Waals surface area (Å²) in [4.78, 5) is 29.4. The molecule has 0 bridgehead atoms. The number of carbonyl (C=O) groups is 2. The molecule has 4 N–H and O–H groups in total. The van der Waals surface area contributed by atoms with Gasteiger partial charge in [0.2, 0.25) is 11.8 Å². The van der Waals surface area contributed by atoms with Crippen LogP contribution in [0.5, 0.6) is 0 Å². The Morgan fingerprint density at radius 2 is 1.96 bits per heavy atom. The molecule has 2 aromatic rings. The fourth-order valence-electron chi connectivity index (χ4n) is 2.94. The molecule has 0 saturated carbocycles. The molecular formula is C17H21N5O2. The lowest BCUT2D eigenvalue weighted by atomic mass is 10.1. The van der Waals surface area contributed by atoms with Gasteiger partial charge < -0.3 is 20.9 Å². The molecule has 126 valence electrons. The topological polar surface area (TPSA) is 107 Å². The van der Waals surface area contributed by atoms with Crippen LogP contribution in [-0.2, 0) is 22.7 Å². The molecule has 0 spiro atoms. The van der Waals surface area contributed by atoms with Crippen LogP contribution in [0.1, 0.15) is 18.7 Å². The fourth-order valence-corrected chi connectivity index (χ4v) is 2.94. The lowest BCUT2D eigenvalue weighted by Gasteiger charge is -2.30. The number of hydrogen-bond acceptors (Lipinski definition) is 4. The highest BCUT2D eigenvalue weighted by Gasteiger charge is 2.27. The van der Waals surface area contributed by atoms with Crippen LogP contribution in [0.3, 0.4) is 0 Å². The molecule has 1 atom stereocenters. The van der Waals surface area contributed by atoms with Crippen molar-refractivity contribution in [2.24, 2.45) is 11.5 Å². The molecule has 1 aliphatic rings. The molecule has 7 heteroatoms. The van der Waals surface area contributed by atoms with E-state index in [0.717, 1.165) is 17.1 Å². The van der Waals surface area contributed by atoms with Crippen LogP contribution in [0.25, 0.3) is 11.3 Å². The third-order valence-electron chi connectivity index (χ3n) is 4.26. The van der Waals surface area contributed by atoms with Crippen molar-refractivity contribution in [3.63, 3.8) is 0 Å². The Bertz CT molecular complexity index is 741. The average molecular weight is 327 g/mol. The van der Waals surface area contributed by atoms with Gasteiger partial charge in [-0.1, -0.05) is 30.3 Å². The molecule has 0 aliphatic carbocycles. The highest BCUT2D eigenvalue weighted by molar-refractivity contribution is 5.83. The summed E-state index contributed by atoms with van der Waals surface area (Å²) in [7, 11) is 0. The van der Waals surface area contributed by atoms with Crippen LogP contribution in [-0.4, -0.2) is 38.9 Å². The number of rotatable bonds is 5. The van der Waals surface area contributed by atoms with Gasteiger partial charge in [0, 0.05) is 19.5 Å². The number of carbonyl (C=O) groups excluding carboxylic acids is 2. The molecule has 24 heavy (non-hydrogen) atoms. The molecule has 0 saturated heterocycles. The van der Waals surface area contributed by atoms with E-state index >= 15 is 0 Å². The second kappa shape index (κ2) is 6.84. The smallest absolute Gasteiger partial charge is 0.239 e. The Kier molecular flexibility index (Phi) is 4.61. The predicted molar refractivity (Wildman–Crippen MR) is 89.5 cm³/mol. The summed E-state index contributed by atoms with van der Waals surface area (Å²) >= 11 is 0. The number of aromatic nitrogens is 2. The summed E-state index contributed by atoms with van der Waals surface area (Å²) in [5.74, 6) is 0.238. The van der Waals surface area contributed by atoms with Gasteiger partial charge in [-0.3, -0.25) is 9.59 Å². The number of amides is 2. The first-order valence-corrected chi connectivity index (χ1v) is 7.98. The van der Waals surface area contributed by atoms with Gasteiger partial charge in [-0.2, -0.15) is 0 Å². The maximum Gasteiger partial charge on any atom is 0.239 e. The standard InChI is InChI=1S/C17H21N5O2/c18-13(6-7-15(19)23)17(24)21-8-9-22-14(10-20-16(22)11-21)12-4-2-1-3-5-12/h1-5,10,13H,6-9,11,18H2,(H2,19,23)/t13-/m0/s1. The number of fused-ring (bicyclic) bond motifs is 1. The molecule has 1 aromatic carbocycles. The van der Waals surface area contributed by atoms with E-state index < -0.39 is 11.9 Å². The van der Waals surface area contributed by atoms with Gasteiger partial charge in [-0.25, -0.2) is 4.98 Å². The van der Waals surface area contributed by atoms with Crippen LogP contribution in [0.4, 0.5) is 0 Å². The van der Waals surface area contributed by atoms with Crippen LogP contribution >= 0.6 is 0 Å². The van der Waals surface area contributed by atoms with Crippen LogP contribution in [0, 0.1) is 0 Å². The third-order valence-corrected chi connectivity index (χ3v) is 4.26. The number of imidazole rings is 1. The summed E-state index contributed by atoms with van der Waals surface area (Å²) in [6.45, 7) is 1.68. The van der Waals surface area contributed by atoms with Gasteiger partial charge in [-0.05, 0) is 12.0 Å². The van der Waals surface area contributed by atoms with Gasteiger partial charge in [0.05, 0.1) is 24.5 Å². The second-order valence-electron chi connectivity index (χ2n) is 5.95. The van der Waals surface area contributed by atoms with Gasteiger partial charge in [0.25, 0.3) is 0 Å². The van der Waals surface area contributed by atoms with Crippen LogP contribution in [0.2, 0.25) is 0 Å². The quantitative estimate of drug-likeness (QED) is 0.833. The molecule has 1 aromatic heterocycles. The first kappa shape index (κ1) is 16.2. The summed E-state index contributed by atoms with van der Waals surface area (Å²) < 4.78 is 2.13. The number of nitrogens with two attached hydrogens (primary N) is 2. The second-order valence-corrected chi connectivity index (χ2v) is 5.95. The largest absolute Gasteiger partial charge is 0.370 e. The highest BCUT2D eigenvalue weighted by atomic mass is 16.2. The Balaban J connectivity index is 1.71. The maximum atomic E-state index is 12.4. The van der Waals surface area contributed by atoms with Crippen molar-refractivity contribution >= 4 is 11.8 Å². The summed E-state index contributed by atoms with van der Waals surface area (Å²) in [5, 5.41) is 0. The zero-order valence-electron chi connectivity index (χ0n) is 13.4. The van der Waals surface area contributed by atoms with Gasteiger partial charge in [-0.15, -0.1) is 0 Å². The van der Waals surface area contributed by atoms with Crippen molar-refractivity contribution in [3.8, 4) is 11.3 Å². The Labute approximate surface area is 140 Å². The number of hydrogen-bond donors (Lipinski definition) is 2. The van der Waals surface area contributed by atoms with Crippen molar-refractivity contribution in [1.29, 1.82) is 0 Å². The molecule has 2 heterocycles. The number of primary amides is 1. The third kappa shape index (κ3) is 3.30. The molecule has 3 rings (SSSR count). The van der Waals surface area contributed by atoms with E-state index in [1.807, 2.05) is 36.5 Å². The fraction of sp³-hybridized carbons (Fsp3) is 0.353. The molecular weight excluding hydrogens is 306 g/mol. The molecule has 0 unspecified atom stereocenters. The van der Waals surface area contributed by atoms with E-state index in [4.69, 9.17) is 11.5 Å². The van der Waals surface area contributed by atoms with Gasteiger partial charge >= 0.3 is 0 Å². The molecule has 1 aliphatic heterocycles. The number of nitrogens with zero attached hydrogens (tertiary/aromatic N) is 3. The maximum absolute atomic E-state index is 12.4. The van der Waals surface area contributed by atoms with Crippen molar-refractivity contribution in [1.82, 2.24) is 14.5 Å². The van der Waals surface area contributed by atoms with Crippen molar-refractivity contribution < 1.29 is 9.59 Å². The zero-order chi connectivity index (χ0) is 17.1. The lowest BCUT2D eigenvalue weighted by molar-refractivity contribution is -0.134. The zero-order valence-corrected chi connectivity index (χ0v) is 13.4. The monoisotopic (exact) mass is 327 g/mol. The molecule has 2 amide bonds. The summed E-state index contributed by atoms with van der Waals surface area (Å²) in [5.41, 5.74) is 13.2. The predicted octanol–water partition coefficient (Wildman–Crippen LogP) is 0.485. The van der Waals surface area contributed by atoms with Crippen LogP contribution < -0.4 is 11.5 Å².